The smallest absolute Gasteiger partial charge is 0.356 e. The van der Waals surface area contributed by atoms with Gasteiger partial charge in [0.1, 0.15) is 0 Å². The molecule has 0 aliphatic carbocycles. The number of unbranched alkanes of at least 4 members (excludes halogenated alkanes) is 1. The van der Waals surface area contributed by atoms with Crippen LogP contribution in [0.15, 0.2) is 54.7 Å². The zero-order valence-corrected chi connectivity index (χ0v) is 16.6. The number of nitrogens with one attached hydrogen (secondary N) is 1. The van der Waals surface area contributed by atoms with E-state index in [2.05, 4.69) is 5.32 Å². The lowest BCUT2D eigenvalue weighted by Gasteiger charge is -2.19. The Bertz CT molecular complexity index is 991. The summed E-state index contributed by atoms with van der Waals surface area (Å²) in [7, 11) is 1.90. The van der Waals surface area contributed by atoms with Crippen molar-refractivity contribution in [3.63, 3.8) is 0 Å². The second-order valence-corrected chi connectivity index (χ2v) is 7.30. The Kier molecular flexibility index (Phi) is 6.30. The summed E-state index contributed by atoms with van der Waals surface area (Å²) in [6.07, 6.45) is -0.592. The van der Waals surface area contributed by atoms with Crippen LogP contribution in [0.25, 0.3) is 10.9 Å². The first-order valence-electron chi connectivity index (χ1n) is 9.79. The van der Waals surface area contributed by atoms with Crippen LogP contribution in [-0.4, -0.2) is 17.0 Å². The van der Waals surface area contributed by atoms with Crippen molar-refractivity contribution in [2.45, 2.75) is 38.3 Å². The molecule has 154 valence electrons. The first-order chi connectivity index (χ1) is 13.8. The Morgan fingerprint density at radius 3 is 2.62 bits per heavy atom. The molecule has 0 aliphatic rings. The maximum atomic E-state index is 13.3. The van der Waals surface area contributed by atoms with Crippen LogP contribution in [0, 0.1) is 0 Å². The van der Waals surface area contributed by atoms with Gasteiger partial charge in [0.15, 0.2) is 0 Å². The number of para-hydroxylation sites is 1. The highest BCUT2D eigenvalue weighted by Crippen LogP contribution is 2.37. The number of aryl methyl sites for hydroxylation is 1. The molecule has 0 fully saturated rings. The van der Waals surface area contributed by atoms with E-state index in [1.54, 1.807) is 6.07 Å². The third kappa shape index (κ3) is 4.81. The monoisotopic (exact) mass is 402 g/mol. The van der Waals surface area contributed by atoms with Crippen molar-refractivity contribution in [3.8, 4) is 0 Å². The summed E-state index contributed by atoms with van der Waals surface area (Å²) in [5.74, 6) is -0.626. The molecule has 0 bridgehead atoms. The molecule has 1 heterocycles. The molecule has 1 atom stereocenters. The Morgan fingerprint density at radius 2 is 1.90 bits per heavy atom. The van der Waals surface area contributed by atoms with Crippen LogP contribution in [0.3, 0.4) is 0 Å². The van der Waals surface area contributed by atoms with Gasteiger partial charge in [-0.05, 0) is 29.7 Å². The molecule has 0 aliphatic heterocycles. The summed E-state index contributed by atoms with van der Waals surface area (Å²) in [6, 6.07) is 13.0. The van der Waals surface area contributed by atoms with Crippen molar-refractivity contribution in [1.29, 1.82) is 0 Å². The highest BCUT2D eigenvalue weighted by atomic mass is 19.4. The standard InChI is InChI=1S/C23H25F3N2O/c1-3-4-12-27-22(29)14-19(16-8-7-9-17(13-16)23(24,25)26)20-15-28(2)21-11-6-5-10-18(20)21/h5-11,13,15,19H,3-4,12,14H2,1-2H3,(H,27,29)/t19-/m0/s1. The van der Waals surface area contributed by atoms with Crippen LogP contribution in [0.4, 0.5) is 13.2 Å². The number of aromatic nitrogens is 1. The summed E-state index contributed by atoms with van der Waals surface area (Å²) in [4.78, 5) is 12.6. The normalized spacial score (nSPS) is 12.9. The minimum Gasteiger partial charge on any atom is -0.356 e. The third-order valence-corrected chi connectivity index (χ3v) is 5.16. The number of alkyl halides is 3. The van der Waals surface area contributed by atoms with Gasteiger partial charge >= 0.3 is 6.18 Å². The van der Waals surface area contributed by atoms with E-state index in [4.69, 9.17) is 0 Å². The molecule has 3 nitrogen and oxygen atoms in total. The topological polar surface area (TPSA) is 34.0 Å². The minimum atomic E-state index is -4.43. The van der Waals surface area contributed by atoms with Crippen LogP contribution in [-0.2, 0) is 18.0 Å². The number of fused-ring (bicyclic) bond motifs is 1. The molecule has 0 radical (unpaired) electrons. The molecule has 0 unspecified atom stereocenters. The number of hydrogen-bond donors (Lipinski definition) is 1. The first-order valence-corrected chi connectivity index (χ1v) is 9.79. The largest absolute Gasteiger partial charge is 0.416 e. The Balaban J connectivity index is 2.04. The number of nitrogens with zero attached hydrogens (tertiary/aromatic N) is 1. The van der Waals surface area contributed by atoms with E-state index in [9.17, 15) is 18.0 Å². The van der Waals surface area contributed by atoms with Gasteiger partial charge in [-0.3, -0.25) is 4.79 Å². The first kappa shape index (κ1) is 21.0. The van der Waals surface area contributed by atoms with E-state index < -0.39 is 17.7 Å². The van der Waals surface area contributed by atoms with E-state index in [1.165, 1.54) is 6.07 Å². The van der Waals surface area contributed by atoms with Crippen molar-refractivity contribution in [3.05, 3.63) is 71.4 Å². The van der Waals surface area contributed by atoms with Crippen molar-refractivity contribution < 1.29 is 18.0 Å². The molecule has 2 aromatic carbocycles. The highest BCUT2D eigenvalue weighted by Gasteiger charge is 2.32. The quantitative estimate of drug-likeness (QED) is 0.510. The number of benzene rings is 2. The van der Waals surface area contributed by atoms with Crippen LogP contribution >= 0.6 is 0 Å². The van der Waals surface area contributed by atoms with Gasteiger partial charge in [0.05, 0.1) is 5.56 Å². The van der Waals surface area contributed by atoms with Crippen molar-refractivity contribution in [2.75, 3.05) is 6.54 Å². The van der Waals surface area contributed by atoms with Crippen LogP contribution in [0.1, 0.15) is 48.8 Å². The minimum absolute atomic E-state index is 0.0963. The molecular weight excluding hydrogens is 377 g/mol. The predicted octanol–water partition coefficient (Wildman–Crippen LogP) is 5.64. The fraction of sp³-hybridized carbons (Fsp3) is 0.348. The molecule has 0 spiro atoms. The van der Waals surface area contributed by atoms with Gasteiger partial charge in [-0.25, -0.2) is 0 Å². The molecule has 1 N–H and O–H groups in total. The molecule has 29 heavy (non-hydrogen) atoms. The molecule has 3 rings (SSSR count). The number of hydrogen-bond acceptors (Lipinski definition) is 1. The van der Waals surface area contributed by atoms with E-state index in [0.29, 0.717) is 12.1 Å². The zero-order valence-electron chi connectivity index (χ0n) is 16.6. The number of carbonyl (C=O) groups excluding carboxylic acids is 1. The summed E-state index contributed by atoms with van der Waals surface area (Å²) in [5.41, 5.74) is 1.62. The van der Waals surface area contributed by atoms with E-state index >= 15 is 0 Å². The van der Waals surface area contributed by atoms with E-state index in [-0.39, 0.29) is 12.3 Å². The highest BCUT2D eigenvalue weighted by molar-refractivity contribution is 5.86. The fourth-order valence-electron chi connectivity index (χ4n) is 3.65. The SMILES string of the molecule is CCCCNC(=O)C[C@@H](c1cccc(C(F)(F)F)c1)c1cn(C)c2ccccc12. The second-order valence-electron chi connectivity index (χ2n) is 7.30. The number of rotatable bonds is 7. The lowest BCUT2D eigenvalue weighted by molar-refractivity contribution is -0.137. The Hall–Kier alpha value is -2.76. The average molecular weight is 402 g/mol. The van der Waals surface area contributed by atoms with Crippen LogP contribution < -0.4 is 5.32 Å². The van der Waals surface area contributed by atoms with Crippen LogP contribution in [0.5, 0.6) is 0 Å². The molecule has 0 saturated heterocycles. The summed E-state index contributed by atoms with van der Waals surface area (Å²) >= 11 is 0. The lowest BCUT2D eigenvalue weighted by Crippen LogP contribution is -2.26. The van der Waals surface area contributed by atoms with Gasteiger partial charge in [-0.1, -0.05) is 49.7 Å². The average Bonchev–Trinajstić information content (AvgIpc) is 3.02. The zero-order chi connectivity index (χ0) is 21.0. The van der Waals surface area contributed by atoms with Crippen LogP contribution in [0.2, 0.25) is 0 Å². The number of halogens is 3. The maximum Gasteiger partial charge on any atom is 0.416 e. The summed E-state index contributed by atoms with van der Waals surface area (Å²) in [5, 5.41) is 3.83. The summed E-state index contributed by atoms with van der Waals surface area (Å²) < 4.78 is 41.8. The molecule has 0 saturated carbocycles. The molecule has 1 aromatic heterocycles. The molecule has 1 amide bonds. The lowest BCUT2D eigenvalue weighted by atomic mass is 9.87. The van der Waals surface area contributed by atoms with Gasteiger partial charge in [0, 0.05) is 43.0 Å². The summed E-state index contributed by atoms with van der Waals surface area (Å²) in [6.45, 7) is 2.61. The predicted molar refractivity (Wildman–Crippen MR) is 109 cm³/mol. The number of carbonyl (C=O) groups is 1. The maximum absolute atomic E-state index is 13.3. The fourth-order valence-corrected chi connectivity index (χ4v) is 3.65. The number of amides is 1. The Labute approximate surface area is 168 Å². The molecule has 6 heteroatoms. The van der Waals surface area contributed by atoms with Gasteiger partial charge in [0.2, 0.25) is 5.91 Å². The third-order valence-electron chi connectivity index (χ3n) is 5.16. The van der Waals surface area contributed by atoms with Crippen molar-refractivity contribution >= 4 is 16.8 Å². The van der Waals surface area contributed by atoms with E-state index in [1.807, 2.05) is 49.0 Å². The van der Waals surface area contributed by atoms with Gasteiger partial charge in [-0.15, -0.1) is 0 Å². The Morgan fingerprint density at radius 1 is 1.14 bits per heavy atom. The van der Waals surface area contributed by atoms with Gasteiger partial charge in [0.25, 0.3) is 0 Å². The van der Waals surface area contributed by atoms with E-state index in [0.717, 1.165) is 41.4 Å². The van der Waals surface area contributed by atoms with Gasteiger partial charge < -0.3 is 9.88 Å². The van der Waals surface area contributed by atoms with Gasteiger partial charge in [-0.2, -0.15) is 13.2 Å². The molecular formula is C23H25F3N2O. The second kappa shape index (κ2) is 8.72. The molecule has 3 aromatic rings. The van der Waals surface area contributed by atoms with Crippen molar-refractivity contribution in [1.82, 2.24) is 9.88 Å². The van der Waals surface area contributed by atoms with Crippen molar-refractivity contribution in [2.24, 2.45) is 7.05 Å².